The van der Waals surface area contributed by atoms with E-state index in [1.807, 2.05) is 0 Å². The number of nitro groups is 1. The largest absolute Gasteiger partial charge is 0.369 e. The predicted molar refractivity (Wildman–Crippen MR) is 102 cm³/mol. The first-order chi connectivity index (χ1) is 12.5. The van der Waals surface area contributed by atoms with Crippen LogP contribution in [0.3, 0.4) is 0 Å². The molecule has 1 aliphatic rings. The molecule has 1 fully saturated rings. The first-order valence-electron chi connectivity index (χ1n) is 8.28. The number of rotatable bonds is 5. The molecule has 0 atom stereocenters. The molecule has 1 saturated heterocycles. The van der Waals surface area contributed by atoms with Gasteiger partial charge in [0.15, 0.2) is 0 Å². The Morgan fingerprint density at radius 3 is 2.23 bits per heavy atom. The molecule has 2 aromatic carbocycles. The Bertz CT molecular complexity index is 772. The standard InChI is InChI=1S/C18H19ClN4O3/c19-14-1-3-15(4-2-14)20-18(24)13-21-9-11-22(12-10-21)16-5-7-17(8-6-16)23(25)26/h1-8H,9-13H2,(H,20,24). The van der Waals surface area contributed by atoms with Gasteiger partial charge in [-0.3, -0.25) is 19.8 Å². The lowest BCUT2D eigenvalue weighted by atomic mass is 10.2. The van der Waals surface area contributed by atoms with E-state index in [0.717, 1.165) is 37.6 Å². The summed E-state index contributed by atoms with van der Waals surface area (Å²) in [5.74, 6) is -0.0592. The molecule has 0 saturated carbocycles. The summed E-state index contributed by atoms with van der Waals surface area (Å²) < 4.78 is 0. The molecular formula is C18H19ClN4O3. The van der Waals surface area contributed by atoms with Crippen LogP contribution in [0.5, 0.6) is 0 Å². The van der Waals surface area contributed by atoms with Crippen molar-refractivity contribution in [3.05, 3.63) is 63.7 Å². The molecule has 2 aromatic rings. The number of nitrogens with one attached hydrogen (secondary N) is 1. The first-order valence-corrected chi connectivity index (χ1v) is 8.66. The Kier molecular flexibility index (Phi) is 5.70. The van der Waals surface area contributed by atoms with Crippen molar-refractivity contribution >= 4 is 34.6 Å². The van der Waals surface area contributed by atoms with Gasteiger partial charge in [-0.1, -0.05) is 11.6 Å². The zero-order valence-electron chi connectivity index (χ0n) is 14.1. The SMILES string of the molecule is O=C(CN1CCN(c2ccc([N+](=O)[O-])cc2)CC1)Nc1ccc(Cl)cc1. The molecule has 0 bridgehead atoms. The van der Waals surface area contributed by atoms with E-state index in [9.17, 15) is 14.9 Å². The summed E-state index contributed by atoms with van der Waals surface area (Å²) in [4.78, 5) is 26.7. The van der Waals surface area contributed by atoms with Crippen molar-refractivity contribution < 1.29 is 9.72 Å². The molecule has 8 heteroatoms. The Balaban J connectivity index is 1.48. The highest BCUT2D eigenvalue weighted by atomic mass is 35.5. The molecule has 1 heterocycles. The fraction of sp³-hybridized carbons (Fsp3) is 0.278. The third-order valence-corrected chi connectivity index (χ3v) is 4.55. The summed E-state index contributed by atoms with van der Waals surface area (Å²) in [7, 11) is 0. The molecule has 7 nitrogen and oxygen atoms in total. The van der Waals surface area contributed by atoms with E-state index in [1.54, 1.807) is 36.4 Å². The molecule has 3 rings (SSSR count). The second-order valence-electron chi connectivity index (χ2n) is 6.09. The van der Waals surface area contributed by atoms with Gasteiger partial charge in [0.25, 0.3) is 5.69 Å². The number of hydrogen-bond donors (Lipinski definition) is 1. The normalized spacial score (nSPS) is 14.9. The Morgan fingerprint density at radius 1 is 1.04 bits per heavy atom. The van der Waals surface area contributed by atoms with Gasteiger partial charge < -0.3 is 10.2 Å². The molecule has 0 aliphatic carbocycles. The lowest BCUT2D eigenvalue weighted by Gasteiger charge is -2.35. The van der Waals surface area contributed by atoms with Crippen molar-refractivity contribution in [2.75, 3.05) is 42.9 Å². The third-order valence-electron chi connectivity index (χ3n) is 4.29. The molecule has 0 spiro atoms. The summed E-state index contributed by atoms with van der Waals surface area (Å²) >= 11 is 5.83. The number of carbonyl (C=O) groups is 1. The van der Waals surface area contributed by atoms with E-state index in [1.165, 1.54) is 12.1 Å². The monoisotopic (exact) mass is 374 g/mol. The fourth-order valence-electron chi connectivity index (χ4n) is 2.89. The van der Waals surface area contributed by atoms with Gasteiger partial charge in [0.2, 0.25) is 5.91 Å². The molecule has 1 N–H and O–H groups in total. The number of nitro benzene ring substituents is 1. The van der Waals surface area contributed by atoms with Crippen LogP contribution in [0.4, 0.5) is 17.1 Å². The zero-order chi connectivity index (χ0) is 18.5. The van der Waals surface area contributed by atoms with Crippen molar-refractivity contribution in [2.24, 2.45) is 0 Å². The summed E-state index contributed by atoms with van der Waals surface area (Å²) in [6, 6.07) is 13.6. The Labute approximate surface area is 156 Å². The molecule has 136 valence electrons. The van der Waals surface area contributed by atoms with Crippen LogP contribution in [0.2, 0.25) is 5.02 Å². The lowest BCUT2D eigenvalue weighted by molar-refractivity contribution is -0.384. The van der Waals surface area contributed by atoms with Crippen LogP contribution in [0, 0.1) is 10.1 Å². The Hall–Kier alpha value is -2.64. The number of nitrogens with zero attached hydrogens (tertiary/aromatic N) is 3. The van der Waals surface area contributed by atoms with E-state index in [-0.39, 0.29) is 11.6 Å². The highest BCUT2D eigenvalue weighted by Crippen LogP contribution is 2.20. The predicted octanol–water partition coefficient (Wildman–Crippen LogP) is 3.01. The van der Waals surface area contributed by atoms with Crippen LogP contribution in [0.1, 0.15) is 0 Å². The van der Waals surface area contributed by atoms with Crippen molar-refractivity contribution in [3.8, 4) is 0 Å². The van der Waals surface area contributed by atoms with Crippen LogP contribution in [-0.2, 0) is 4.79 Å². The van der Waals surface area contributed by atoms with E-state index < -0.39 is 4.92 Å². The van der Waals surface area contributed by atoms with Gasteiger partial charge in [-0.05, 0) is 36.4 Å². The second-order valence-corrected chi connectivity index (χ2v) is 6.53. The minimum atomic E-state index is -0.402. The average Bonchev–Trinajstić information content (AvgIpc) is 2.64. The van der Waals surface area contributed by atoms with Crippen molar-refractivity contribution in [3.63, 3.8) is 0 Å². The van der Waals surface area contributed by atoms with Crippen LogP contribution in [0.25, 0.3) is 0 Å². The molecule has 0 aromatic heterocycles. The van der Waals surface area contributed by atoms with Crippen molar-refractivity contribution in [1.29, 1.82) is 0 Å². The highest BCUT2D eigenvalue weighted by Gasteiger charge is 2.19. The van der Waals surface area contributed by atoms with Crippen LogP contribution in [-0.4, -0.2) is 48.5 Å². The maximum Gasteiger partial charge on any atom is 0.269 e. The smallest absolute Gasteiger partial charge is 0.269 e. The molecule has 0 unspecified atom stereocenters. The van der Waals surface area contributed by atoms with Gasteiger partial charge in [0.1, 0.15) is 0 Å². The maximum atomic E-state index is 12.2. The first kappa shape index (κ1) is 18.2. The molecule has 1 aliphatic heterocycles. The van der Waals surface area contributed by atoms with E-state index >= 15 is 0 Å². The zero-order valence-corrected chi connectivity index (χ0v) is 14.9. The van der Waals surface area contributed by atoms with Crippen LogP contribution in [0.15, 0.2) is 48.5 Å². The van der Waals surface area contributed by atoms with E-state index in [2.05, 4.69) is 15.1 Å². The van der Waals surface area contributed by atoms with Crippen LogP contribution >= 0.6 is 11.6 Å². The number of halogens is 1. The molecular weight excluding hydrogens is 356 g/mol. The summed E-state index contributed by atoms with van der Waals surface area (Å²) in [6.45, 7) is 3.38. The van der Waals surface area contributed by atoms with Gasteiger partial charge in [0, 0.05) is 54.7 Å². The highest BCUT2D eigenvalue weighted by molar-refractivity contribution is 6.30. The number of non-ortho nitro benzene ring substituents is 1. The summed E-state index contributed by atoms with van der Waals surface area (Å²) in [6.07, 6.45) is 0. The minimum Gasteiger partial charge on any atom is -0.369 e. The molecule has 0 radical (unpaired) electrons. The van der Waals surface area contributed by atoms with Gasteiger partial charge in [-0.2, -0.15) is 0 Å². The van der Waals surface area contributed by atoms with Gasteiger partial charge in [0.05, 0.1) is 11.5 Å². The van der Waals surface area contributed by atoms with Gasteiger partial charge in [-0.15, -0.1) is 0 Å². The van der Waals surface area contributed by atoms with Crippen molar-refractivity contribution in [2.45, 2.75) is 0 Å². The number of benzene rings is 2. The van der Waals surface area contributed by atoms with E-state index in [0.29, 0.717) is 11.6 Å². The van der Waals surface area contributed by atoms with Crippen molar-refractivity contribution in [1.82, 2.24) is 4.90 Å². The average molecular weight is 375 g/mol. The van der Waals surface area contributed by atoms with Gasteiger partial charge in [-0.25, -0.2) is 0 Å². The third kappa shape index (κ3) is 4.71. The van der Waals surface area contributed by atoms with E-state index in [4.69, 9.17) is 11.6 Å². The lowest BCUT2D eigenvalue weighted by Crippen LogP contribution is -2.48. The minimum absolute atomic E-state index is 0.0592. The summed E-state index contributed by atoms with van der Waals surface area (Å²) in [5.41, 5.74) is 1.77. The number of hydrogen-bond acceptors (Lipinski definition) is 5. The number of piperazine rings is 1. The Morgan fingerprint density at radius 2 is 1.65 bits per heavy atom. The number of amides is 1. The quantitative estimate of drug-likeness (QED) is 0.643. The maximum absolute atomic E-state index is 12.2. The molecule has 1 amide bonds. The second kappa shape index (κ2) is 8.16. The van der Waals surface area contributed by atoms with Crippen LogP contribution < -0.4 is 10.2 Å². The topological polar surface area (TPSA) is 78.7 Å². The number of carbonyl (C=O) groups excluding carboxylic acids is 1. The molecule has 26 heavy (non-hydrogen) atoms. The van der Waals surface area contributed by atoms with Gasteiger partial charge >= 0.3 is 0 Å². The fourth-order valence-corrected chi connectivity index (χ4v) is 3.01. The summed E-state index contributed by atoms with van der Waals surface area (Å²) in [5, 5.41) is 14.2. The number of anilines is 2.